The zero-order valence-corrected chi connectivity index (χ0v) is 10.4. The third-order valence-corrected chi connectivity index (χ3v) is 2.76. The van der Waals surface area contributed by atoms with Gasteiger partial charge in [-0.1, -0.05) is 39.3 Å². The van der Waals surface area contributed by atoms with Crippen LogP contribution in [0.5, 0.6) is 0 Å². The molecular weight excluding hydrogens is 268 g/mol. The first-order valence-corrected chi connectivity index (χ1v) is 5.61. The zero-order chi connectivity index (χ0) is 11.5. The van der Waals surface area contributed by atoms with E-state index in [-0.39, 0.29) is 0 Å². The molecule has 0 unspecified atom stereocenters. The second-order valence-corrected chi connectivity index (χ2v) is 4.35. The van der Waals surface area contributed by atoms with E-state index < -0.39 is 0 Å². The van der Waals surface area contributed by atoms with Gasteiger partial charge < -0.3 is 10.3 Å². The topological polar surface area (TPSA) is 52.0 Å². The van der Waals surface area contributed by atoms with Crippen molar-refractivity contribution in [3.05, 3.63) is 45.8 Å². The van der Waals surface area contributed by atoms with Gasteiger partial charge >= 0.3 is 0 Å². The Kier molecular flexibility index (Phi) is 3.10. The van der Waals surface area contributed by atoms with Gasteiger partial charge in [0.15, 0.2) is 5.76 Å². The smallest absolute Gasteiger partial charge is 0.182 e. The second-order valence-electron chi connectivity index (χ2n) is 3.43. The van der Waals surface area contributed by atoms with Crippen LogP contribution in [0.25, 0.3) is 12.2 Å². The Morgan fingerprint density at radius 1 is 1.25 bits per heavy atom. The summed E-state index contributed by atoms with van der Waals surface area (Å²) < 4.78 is 6.12. The van der Waals surface area contributed by atoms with Crippen LogP contribution in [-0.2, 0) is 0 Å². The van der Waals surface area contributed by atoms with Crippen molar-refractivity contribution in [2.45, 2.75) is 6.92 Å². The van der Waals surface area contributed by atoms with Gasteiger partial charge in [0.05, 0.1) is 0 Å². The summed E-state index contributed by atoms with van der Waals surface area (Å²) in [6.45, 7) is 1.82. The quantitative estimate of drug-likeness (QED) is 0.915. The van der Waals surface area contributed by atoms with Crippen molar-refractivity contribution in [2.24, 2.45) is 0 Å². The van der Waals surface area contributed by atoms with Gasteiger partial charge in [0.2, 0.25) is 0 Å². The summed E-state index contributed by atoms with van der Waals surface area (Å²) >= 11 is 3.38. The number of rotatable bonds is 2. The van der Waals surface area contributed by atoms with Gasteiger partial charge in [-0.2, -0.15) is 0 Å². The van der Waals surface area contributed by atoms with Crippen LogP contribution >= 0.6 is 15.9 Å². The molecule has 2 rings (SSSR count). The van der Waals surface area contributed by atoms with Crippen LogP contribution in [0.2, 0.25) is 0 Å². The third kappa shape index (κ3) is 2.33. The highest BCUT2D eigenvalue weighted by atomic mass is 79.9. The average molecular weight is 279 g/mol. The molecular formula is C12H11BrN2O. The van der Waals surface area contributed by atoms with Gasteiger partial charge in [0, 0.05) is 4.47 Å². The number of hydrogen-bond donors (Lipinski definition) is 1. The molecule has 16 heavy (non-hydrogen) atoms. The van der Waals surface area contributed by atoms with Crippen molar-refractivity contribution in [3.8, 4) is 0 Å². The number of benzene rings is 1. The van der Waals surface area contributed by atoms with E-state index in [0.717, 1.165) is 15.7 Å². The molecule has 0 bridgehead atoms. The monoisotopic (exact) mass is 278 g/mol. The van der Waals surface area contributed by atoms with Crippen molar-refractivity contribution in [1.29, 1.82) is 0 Å². The second kappa shape index (κ2) is 4.53. The summed E-state index contributed by atoms with van der Waals surface area (Å²) in [6, 6.07) is 7.96. The Labute approximate surface area is 102 Å². The predicted octanol–water partition coefficient (Wildman–Crippen LogP) is 3.50. The summed E-state index contributed by atoms with van der Waals surface area (Å²) in [4.78, 5) is 0. The molecule has 0 spiro atoms. The lowest BCUT2D eigenvalue weighted by Crippen LogP contribution is -1.86. The molecule has 0 aliphatic rings. The molecule has 1 aromatic heterocycles. The van der Waals surface area contributed by atoms with Crippen LogP contribution in [-0.4, -0.2) is 5.16 Å². The number of nitrogens with two attached hydrogens (primary N) is 1. The SMILES string of the molecule is Cc1noc(/C=C/c2ccc(Br)cc2)c1N. The molecule has 0 atom stereocenters. The molecule has 0 radical (unpaired) electrons. The highest BCUT2D eigenvalue weighted by molar-refractivity contribution is 9.10. The van der Waals surface area contributed by atoms with Gasteiger partial charge in [-0.25, -0.2) is 0 Å². The van der Waals surface area contributed by atoms with E-state index in [1.807, 2.05) is 43.3 Å². The Balaban J connectivity index is 2.21. The predicted molar refractivity (Wildman–Crippen MR) is 68.7 cm³/mol. The molecule has 4 heteroatoms. The standard InChI is InChI=1S/C12H11BrN2O/c1-8-12(14)11(16-15-8)7-4-9-2-5-10(13)6-3-9/h2-7H,14H2,1H3/b7-4+. The Morgan fingerprint density at radius 3 is 2.50 bits per heavy atom. The molecule has 2 N–H and O–H groups in total. The van der Waals surface area contributed by atoms with E-state index in [9.17, 15) is 0 Å². The molecule has 2 aromatic rings. The van der Waals surface area contributed by atoms with E-state index in [1.54, 1.807) is 0 Å². The van der Waals surface area contributed by atoms with Crippen LogP contribution in [0.4, 0.5) is 5.69 Å². The number of anilines is 1. The molecule has 0 saturated carbocycles. The number of halogens is 1. The molecule has 0 saturated heterocycles. The van der Waals surface area contributed by atoms with E-state index >= 15 is 0 Å². The largest absolute Gasteiger partial charge is 0.394 e. The van der Waals surface area contributed by atoms with Gasteiger partial charge in [-0.3, -0.25) is 0 Å². The number of hydrogen-bond acceptors (Lipinski definition) is 3. The molecule has 82 valence electrons. The highest BCUT2D eigenvalue weighted by Gasteiger charge is 2.04. The van der Waals surface area contributed by atoms with Gasteiger partial charge in [0.1, 0.15) is 11.4 Å². The fourth-order valence-electron chi connectivity index (χ4n) is 1.26. The normalized spacial score (nSPS) is 11.1. The van der Waals surface area contributed by atoms with Gasteiger partial charge in [0.25, 0.3) is 0 Å². The highest BCUT2D eigenvalue weighted by Crippen LogP contribution is 2.19. The summed E-state index contributed by atoms with van der Waals surface area (Å²) in [6.07, 6.45) is 3.75. The fraction of sp³-hybridized carbons (Fsp3) is 0.0833. The van der Waals surface area contributed by atoms with Crippen LogP contribution in [0.15, 0.2) is 33.3 Å². The van der Waals surface area contributed by atoms with Crippen molar-refractivity contribution < 1.29 is 4.52 Å². The molecule has 3 nitrogen and oxygen atoms in total. The minimum atomic E-state index is 0.591. The lowest BCUT2D eigenvalue weighted by molar-refractivity contribution is 0.408. The van der Waals surface area contributed by atoms with Gasteiger partial charge in [-0.05, 0) is 30.7 Å². The minimum Gasteiger partial charge on any atom is -0.394 e. The summed E-state index contributed by atoms with van der Waals surface area (Å²) in [5, 5.41) is 3.78. The van der Waals surface area contributed by atoms with Crippen LogP contribution in [0, 0.1) is 6.92 Å². The number of aromatic nitrogens is 1. The van der Waals surface area contributed by atoms with Crippen LogP contribution < -0.4 is 5.73 Å². The first-order valence-electron chi connectivity index (χ1n) is 4.82. The van der Waals surface area contributed by atoms with Crippen molar-refractivity contribution in [1.82, 2.24) is 5.16 Å². The maximum absolute atomic E-state index is 5.78. The van der Waals surface area contributed by atoms with E-state index in [4.69, 9.17) is 10.3 Å². The molecule has 0 aliphatic carbocycles. The number of aryl methyl sites for hydroxylation is 1. The van der Waals surface area contributed by atoms with Crippen LogP contribution in [0.3, 0.4) is 0 Å². The van der Waals surface area contributed by atoms with E-state index in [1.165, 1.54) is 0 Å². The Hall–Kier alpha value is -1.55. The summed E-state index contributed by atoms with van der Waals surface area (Å²) in [7, 11) is 0. The summed E-state index contributed by atoms with van der Waals surface area (Å²) in [5.74, 6) is 0.598. The molecule has 0 aliphatic heterocycles. The van der Waals surface area contributed by atoms with E-state index in [2.05, 4.69) is 21.1 Å². The lowest BCUT2D eigenvalue weighted by atomic mass is 10.2. The maximum Gasteiger partial charge on any atom is 0.182 e. The number of nitrogens with zero attached hydrogens (tertiary/aromatic N) is 1. The van der Waals surface area contributed by atoms with Crippen molar-refractivity contribution in [3.63, 3.8) is 0 Å². The number of nitrogen functional groups attached to an aromatic ring is 1. The summed E-state index contributed by atoms with van der Waals surface area (Å²) in [5.41, 5.74) is 8.17. The first-order chi connectivity index (χ1) is 7.66. The third-order valence-electron chi connectivity index (χ3n) is 2.23. The van der Waals surface area contributed by atoms with E-state index in [0.29, 0.717) is 11.4 Å². The van der Waals surface area contributed by atoms with Crippen LogP contribution in [0.1, 0.15) is 17.0 Å². The molecule has 1 aromatic carbocycles. The minimum absolute atomic E-state index is 0.591. The van der Waals surface area contributed by atoms with Crippen molar-refractivity contribution >= 4 is 33.8 Å². The van der Waals surface area contributed by atoms with Gasteiger partial charge in [-0.15, -0.1) is 0 Å². The first kappa shape index (κ1) is 11.0. The Bertz CT molecular complexity index is 514. The Morgan fingerprint density at radius 2 is 1.94 bits per heavy atom. The molecule has 1 heterocycles. The van der Waals surface area contributed by atoms with Crippen molar-refractivity contribution in [2.75, 3.05) is 5.73 Å². The zero-order valence-electron chi connectivity index (χ0n) is 8.77. The average Bonchev–Trinajstić information content (AvgIpc) is 2.60. The fourth-order valence-corrected chi connectivity index (χ4v) is 1.52. The maximum atomic E-state index is 5.78. The molecule has 0 fully saturated rings. The molecule has 0 amide bonds. The lowest BCUT2D eigenvalue weighted by Gasteiger charge is -1.93.